The zero-order valence-corrected chi connectivity index (χ0v) is 20.5. The lowest BCUT2D eigenvalue weighted by atomic mass is 9.85. The standard InChI is InChI=1S/C29H30N2O4/c1-5-35-23-13-8-20(9-14-23)28(33)30-22-11-6-19(7-12-22)27(32)17-26-25-16-24(34-4)15-10-21(25)18-29(2,3)31-26/h6-17,31H,5,18H2,1-4H3,(H,30,33). The van der Waals surface area contributed by atoms with Crippen molar-refractivity contribution < 1.29 is 19.1 Å². The van der Waals surface area contributed by atoms with Crippen LogP contribution >= 0.6 is 0 Å². The third-order valence-corrected chi connectivity index (χ3v) is 5.84. The van der Waals surface area contributed by atoms with Crippen LogP contribution in [0.25, 0.3) is 5.70 Å². The summed E-state index contributed by atoms with van der Waals surface area (Å²) in [6.07, 6.45) is 2.48. The summed E-state index contributed by atoms with van der Waals surface area (Å²) >= 11 is 0. The molecule has 3 aromatic carbocycles. The fourth-order valence-electron chi connectivity index (χ4n) is 4.16. The van der Waals surface area contributed by atoms with E-state index in [1.54, 1.807) is 61.7 Å². The number of nitrogens with one attached hydrogen (secondary N) is 2. The summed E-state index contributed by atoms with van der Waals surface area (Å²) in [5.74, 6) is 1.12. The van der Waals surface area contributed by atoms with Crippen LogP contribution in [0.1, 0.15) is 52.6 Å². The van der Waals surface area contributed by atoms with Crippen molar-refractivity contribution in [1.29, 1.82) is 0 Å². The Balaban J connectivity index is 1.50. The lowest BCUT2D eigenvalue weighted by molar-refractivity contribution is 0.102. The number of hydrogen-bond donors (Lipinski definition) is 2. The zero-order valence-electron chi connectivity index (χ0n) is 20.5. The van der Waals surface area contributed by atoms with Gasteiger partial charge in [-0.3, -0.25) is 9.59 Å². The smallest absolute Gasteiger partial charge is 0.255 e. The predicted octanol–water partition coefficient (Wildman–Crippen LogP) is 5.49. The van der Waals surface area contributed by atoms with Crippen LogP contribution < -0.4 is 20.1 Å². The molecule has 6 heteroatoms. The molecule has 6 nitrogen and oxygen atoms in total. The minimum Gasteiger partial charge on any atom is -0.497 e. The number of anilines is 1. The van der Waals surface area contributed by atoms with Crippen molar-refractivity contribution in [3.8, 4) is 11.5 Å². The Morgan fingerprint density at radius 2 is 1.63 bits per heavy atom. The van der Waals surface area contributed by atoms with Crippen molar-refractivity contribution in [3.05, 3.63) is 95.1 Å². The maximum absolute atomic E-state index is 13.1. The van der Waals surface area contributed by atoms with Crippen LogP contribution in [-0.4, -0.2) is 30.9 Å². The number of ether oxygens (including phenoxy) is 2. The molecule has 1 heterocycles. The molecule has 1 amide bonds. The minimum atomic E-state index is -0.228. The van der Waals surface area contributed by atoms with Gasteiger partial charge in [-0.1, -0.05) is 6.07 Å². The van der Waals surface area contributed by atoms with Crippen molar-refractivity contribution >= 4 is 23.1 Å². The molecule has 0 saturated heterocycles. The van der Waals surface area contributed by atoms with Crippen molar-refractivity contribution in [1.82, 2.24) is 5.32 Å². The van der Waals surface area contributed by atoms with Gasteiger partial charge in [0.05, 0.1) is 13.7 Å². The number of carbonyl (C=O) groups is 2. The summed E-state index contributed by atoms with van der Waals surface area (Å²) in [7, 11) is 1.63. The molecule has 180 valence electrons. The second-order valence-corrected chi connectivity index (χ2v) is 9.12. The highest BCUT2D eigenvalue weighted by Gasteiger charge is 2.28. The summed E-state index contributed by atoms with van der Waals surface area (Å²) in [4.78, 5) is 25.6. The van der Waals surface area contributed by atoms with Crippen LogP contribution in [0.3, 0.4) is 0 Å². The third-order valence-electron chi connectivity index (χ3n) is 5.84. The van der Waals surface area contributed by atoms with Gasteiger partial charge < -0.3 is 20.1 Å². The second-order valence-electron chi connectivity index (χ2n) is 9.12. The van der Waals surface area contributed by atoms with Gasteiger partial charge in [-0.2, -0.15) is 0 Å². The molecule has 0 saturated carbocycles. The Bertz CT molecular complexity index is 1260. The van der Waals surface area contributed by atoms with E-state index in [-0.39, 0.29) is 17.2 Å². The van der Waals surface area contributed by atoms with Crippen molar-refractivity contribution in [3.63, 3.8) is 0 Å². The summed E-state index contributed by atoms with van der Waals surface area (Å²) < 4.78 is 10.8. The van der Waals surface area contributed by atoms with Crippen LogP contribution in [0.4, 0.5) is 5.69 Å². The Kier molecular flexibility index (Phi) is 6.92. The highest BCUT2D eigenvalue weighted by Crippen LogP contribution is 2.32. The average Bonchev–Trinajstić information content (AvgIpc) is 2.84. The first-order valence-corrected chi connectivity index (χ1v) is 11.6. The van der Waals surface area contributed by atoms with Gasteiger partial charge in [0, 0.05) is 39.7 Å². The number of hydrogen-bond acceptors (Lipinski definition) is 5. The first-order valence-electron chi connectivity index (χ1n) is 11.6. The Labute approximate surface area is 206 Å². The molecule has 0 unspecified atom stereocenters. The number of fused-ring (bicyclic) bond motifs is 1. The van der Waals surface area contributed by atoms with Gasteiger partial charge in [0.25, 0.3) is 5.91 Å². The quantitative estimate of drug-likeness (QED) is 0.353. The highest BCUT2D eigenvalue weighted by atomic mass is 16.5. The van der Waals surface area contributed by atoms with Gasteiger partial charge >= 0.3 is 0 Å². The first-order chi connectivity index (χ1) is 16.8. The topological polar surface area (TPSA) is 76.7 Å². The molecule has 0 atom stereocenters. The molecule has 3 aromatic rings. The predicted molar refractivity (Wildman–Crippen MR) is 138 cm³/mol. The van der Waals surface area contributed by atoms with Gasteiger partial charge in [-0.15, -0.1) is 0 Å². The first kappa shape index (κ1) is 24.1. The third kappa shape index (κ3) is 5.72. The molecule has 0 fully saturated rings. The molecule has 4 rings (SSSR count). The summed E-state index contributed by atoms with van der Waals surface area (Å²) in [6, 6.07) is 19.8. The number of rotatable bonds is 7. The normalized spacial score (nSPS) is 15.0. The monoisotopic (exact) mass is 470 g/mol. The van der Waals surface area contributed by atoms with E-state index < -0.39 is 0 Å². The molecule has 0 spiro atoms. The van der Waals surface area contributed by atoms with Crippen LogP contribution in [0.2, 0.25) is 0 Å². The fraction of sp³-hybridized carbons (Fsp3) is 0.241. The molecule has 1 aliphatic rings. The number of benzene rings is 3. The van der Waals surface area contributed by atoms with Crippen LogP contribution in [0, 0.1) is 0 Å². The van der Waals surface area contributed by atoms with E-state index in [0.717, 1.165) is 29.2 Å². The number of carbonyl (C=O) groups excluding carboxylic acids is 2. The number of methoxy groups -OCH3 is 1. The van der Waals surface area contributed by atoms with Gasteiger partial charge in [0.15, 0.2) is 5.78 Å². The van der Waals surface area contributed by atoms with E-state index in [2.05, 4.69) is 30.5 Å². The SMILES string of the molecule is CCOc1ccc(C(=O)Nc2ccc(C(=O)C=C3NC(C)(C)Cc4ccc(OC)cc43)cc2)cc1. The van der Waals surface area contributed by atoms with Crippen molar-refractivity contribution in [2.45, 2.75) is 32.7 Å². The lowest BCUT2D eigenvalue weighted by Gasteiger charge is -2.35. The molecule has 35 heavy (non-hydrogen) atoms. The highest BCUT2D eigenvalue weighted by molar-refractivity contribution is 6.09. The zero-order chi connectivity index (χ0) is 25.0. The maximum Gasteiger partial charge on any atom is 0.255 e. The van der Waals surface area contributed by atoms with E-state index in [1.807, 2.05) is 19.1 Å². The van der Waals surface area contributed by atoms with Crippen LogP contribution in [0.5, 0.6) is 11.5 Å². The summed E-state index contributed by atoms with van der Waals surface area (Å²) in [5.41, 5.74) is 4.40. The Morgan fingerprint density at radius 3 is 2.29 bits per heavy atom. The maximum atomic E-state index is 13.1. The fourth-order valence-corrected chi connectivity index (χ4v) is 4.16. The molecule has 2 N–H and O–H groups in total. The van der Waals surface area contributed by atoms with Gasteiger partial charge in [0.2, 0.25) is 0 Å². The number of ketones is 1. The second kappa shape index (κ2) is 10.1. The van der Waals surface area contributed by atoms with Gasteiger partial charge in [0.1, 0.15) is 11.5 Å². The molecule has 0 bridgehead atoms. The van der Waals surface area contributed by atoms with Crippen molar-refractivity contribution in [2.75, 3.05) is 19.0 Å². The van der Waals surface area contributed by atoms with Crippen LogP contribution in [0.15, 0.2) is 72.8 Å². The summed E-state index contributed by atoms with van der Waals surface area (Å²) in [6.45, 7) is 6.70. The van der Waals surface area contributed by atoms with Crippen LogP contribution in [-0.2, 0) is 6.42 Å². The number of amides is 1. The minimum absolute atomic E-state index is 0.122. The lowest BCUT2D eigenvalue weighted by Crippen LogP contribution is -2.43. The Morgan fingerprint density at radius 1 is 0.971 bits per heavy atom. The molecule has 0 aromatic heterocycles. The average molecular weight is 471 g/mol. The molecule has 1 aliphatic heterocycles. The molecule has 0 aliphatic carbocycles. The Hall–Kier alpha value is -4.06. The van der Waals surface area contributed by atoms with E-state index in [1.165, 1.54) is 5.56 Å². The van der Waals surface area contributed by atoms with E-state index in [9.17, 15) is 9.59 Å². The van der Waals surface area contributed by atoms with E-state index in [0.29, 0.717) is 23.4 Å². The largest absolute Gasteiger partial charge is 0.497 e. The molecule has 0 radical (unpaired) electrons. The summed E-state index contributed by atoms with van der Waals surface area (Å²) in [5, 5.41) is 6.35. The van der Waals surface area contributed by atoms with E-state index >= 15 is 0 Å². The van der Waals surface area contributed by atoms with Crippen molar-refractivity contribution in [2.24, 2.45) is 0 Å². The molecular weight excluding hydrogens is 440 g/mol. The van der Waals surface area contributed by atoms with E-state index in [4.69, 9.17) is 9.47 Å². The van der Waals surface area contributed by atoms with Gasteiger partial charge in [-0.05, 0) is 93.4 Å². The van der Waals surface area contributed by atoms with Gasteiger partial charge in [-0.25, -0.2) is 0 Å². The number of allylic oxidation sites excluding steroid dienone is 1. The molecular formula is C29H30N2O4.